The van der Waals surface area contributed by atoms with Gasteiger partial charge in [-0.1, -0.05) is 148 Å². The van der Waals surface area contributed by atoms with Gasteiger partial charge in [0.1, 0.15) is 5.75 Å². The lowest BCUT2D eigenvalue weighted by atomic mass is 9.75. The maximum Gasteiger partial charge on any atom is 0.185 e. The molecule has 9 aromatic rings. The molecule has 0 saturated heterocycles. The number of nitrogens with zero attached hydrogens (tertiary/aromatic N) is 2. The Labute approximate surface area is 328 Å². The Morgan fingerprint density at radius 3 is 1.75 bits per heavy atom. The molecule has 3 nitrogen and oxygen atoms in total. The van der Waals surface area contributed by atoms with E-state index >= 15 is 0 Å². The smallest absolute Gasteiger partial charge is 0.185 e. The average molecular weight is 723 g/mol. The van der Waals surface area contributed by atoms with Gasteiger partial charge in [0.25, 0.3) is 0 Å². The molecular formula is C53H42N2O. The van der Waals surface area contributed by atoms with E-state index in [4.69, 9.17) is 4.74 Å². The zero-order chi connectivity index (χ0) is 37.9. The number of aromatic nitrogens is 1. The van der Waals surface area contributed by atoms with Crippen molar-refractivity contribution in [1.82, 2.24) is 4.57 Å². The minimum Gasteiger partial charge on any atom is -0.472 e. The number of para-hydroxylation sites is 3. The number of benzene rings is 8. The molecule has 0 fully saturated rings. The van der Waals surface area contributed by atoms with E-state index < -0.39 is 5.60 Å². The quantitative estimate of drug-likeness (QED) is 0.170. The molecule has 1 atom stereocenters. The molecule has 0 radical (unpaired) electrons. The van der Waals surface area contributed by atoms with E-state index in [1.807, 2.05) is 0 Å². The number of fused-ring (bicyclic) bond motifs is 6. The minimum absolute atomic E-state index is 0.0574. The van der Waals surface area contributed by atoms with Crippen LogP contribution < -0.4 is 9.64 Å². The van der Waals surface area contributed by atoms with Crippen LogP contribution in [0.1, 0.15) is 43.0 Å². The van der Waals surface area contributed by atoms with Gasteiger partial charge in [0.2, 0.25) is 0 Å². The van der Waals surface area contributed by atoms with Gasteiger partial charge >= 0.3 is 0 Å². The summed E-state index contributed by atoms with van der Waals surface area (Å²) >= 11 is 0. The highest BCUT2D eigenvalue weighted by molar-refractivity contribution is 6.09. The average Bonchev–Trinajstić information content (AvgIpc) is 3.58. The van der Waals surface area contributed by atoms with Crippen molar-refractivity contribution in [2.24, 2.45) is 0 Å². The van der Waals surface area contributed by atoms with Crippen LogP contribution in [0.2, 0.25) is 0 Å². The number of rotatable bonds is 6. The third-order valence-corrected chi connectivity index (χ3v) is 11.4. The first kappa shape index (κ1) is 33.7. The summed E-state index contributed by atoms with van der Waals surface area (Å²) in [6.07, 6.45) is 0. The van der Waals surface area contributed by atoms with Crippen molar-refractivity contribution in [1.29, 1.82) is 0 Å². The predicted molar refractivity (Wildman–Crippen MR) is 233 cm³/mol. The summed E-state index contributed by atoms with van der Waals surface area (Å²) in [7, 11) is 0. The minimum atomic E-state index is -0.908. The first-order valence-electron chi connectivity index (χ1n) is 19.4. The molecule has 0 aliphatic carbocycles. The zero-order valence-electron chi connectivity index (χ0n) is 31.9. The summed E-state index contributed by atoms with van der Waals surface area (Å²) in [5.41, 5.74) is 12.7. The molecule has 56 heavy (non-hydrogen) atoms. The van der Waals surface area contributed by atoms with Crippen molar-refractivity contribution in [2.45, 2.75) is 31.8 Å². The van der Waals surface area contributed by atoms with Crippen molar-refractivity contribution >= 4 is 38.9 Å². The number of hydrogen-bond donors (Lipinski definition) is 0. The van der Waals surface area contributed by atoms with Crippen molar-refractivity contribution in [3.63, 3.8) is 0 Å². The van der Waals surface area contributed by atoms with Crippen molar-refractivity contribution in [3.05, 3.63) is 222 Å². The van der Waals surface area contributed by atoms with Crippen LogP contribution in [0, 0.1) is 0 Å². The van der Waals surface area contributed by atoms with E-state index in [2.05, 4.69) is 230 Å². The fraction of sp³-hybridized carbons (Fsp3) is 0.0943. The number of ether oxygens (including phenoxy) is 1. The second-order valence-electron chi connectivity index (χ2n) is 15.8. The molecule has 1 aromatic heterocycles. The van der Waals surface area contributed by atoms with Crippen LogP contribution in [0.25, 0.3) is 38.6 Å². The zero-order valence-corrected chi connectivity index (χ0v) is 31.9. The van der Waals surface area contributed by atoms with Gasteiger partial charge in [-0.15, -0.1) is 0 Å². The lowest BCUT2D eigenvalue weighted by Gasteiger charge is -2.42. The van der Waals surface area contributed by atoms with Gasteiger partial charge in [0, 0.05) is 61.8 Å². The highest BCUT2D eigenvalue weighted by atomic mass is 16.5. The van der Waals surface area contributed by atoms with E-state index in [0.717, 1.165) is 56.3 Å². The molecule has 0 N–H and O–H groups in total. The van der Waals surface area contributed by atoms with Gasteiger partial charge in [0.15, 0.2) is 5.60 Å². The maximum atomic E-state index is 7.56. The molecule has 8 aromatic carbocycles. The second kappa shape index (κ2) is 13.2. The highest BCUT2D eigenvalue weighted by Crippen LogP contribution is 2.53. The Kier molecular flexibility index (Phi) is 7.93. The molecule has 1 aliphatic rings. The van der Waals surface area contributed by atoms with Crippen LogP contribution in [-0.2, 0) is 11.0 Å². The largest absolute Gasteiger partial charge is 0.472 e. The fourth-order valence-electron chi connectivity index (χ4n) is 8.63. The van der Waals surface area contributed by atoms with Gasteiger partial charge in [-0.3, -0.25) is 0 Å². The summed E-state index contributed by atoms with van der Waals surface area (Å²) in [6.45, 7) is 6.84. The monoisotopic (exact) mass is 722 g/mol. The maximum absolute atomic E-state index is 7.56. The summed E-state index contributed by atoms with van der Waals surface area (Å²) in [6, 6.07) is 71.9. The second-order valence-corrected chi connectivity index (χ2v) is 15.8. The van der Waals surface area contributed by atoms with Crippen molar-refractivity contribution in [3.8, 4) is 22.6 Å². The Morgan fingerprint density at radius 2 is 1.05 bits per heavy atom. The van der Waals surface area contributed by atoms with Crippen LogP contribution in [0.5, 0.6) is 5.75 Å². The standard InChI is InChI=1S/C53H42N2O/c1-52(2,3)39-29-34-50-47(35-39)45-24-14-16-26-49(45)55(50)42-30-27-38(28-31-42)53(37-17-7-4-8-18-37)48-25-15-13-23-44(48)46-33-32-43(36-51(46)56-53)54(40-19-9-5-10-20-40)41-21-11-6-12-22-41/h4-36H,1-3H3. The van der Waals surface area contributed by atoms with E-state index in [9.17, 15) is 0 Å². The van der Waals surface area contributed by atoms with E-state index in [1.165, 1.54) is 27.4 Å². The Bertz CT molecular complexity index is 2810. The van der Waals surface area contributed by atoms with Crippen LogP contribution in [0.15, 0.2) is 200 Å². The van der Waals surface area contributed by atoms with Crippen LogP contribution in [0.3, 0.4) is 0 Å². The third-order valence-electron chi connectivity index (χ3n) is 11.4. The van der Waals surface area contributed by atoms with Crippen LogP contribution >= 0.6 is 0 Å². The lowest BCUT2D eigenvalue weighted by molar-refractivity contribution is 0.152. The van der Waals surface area contributed by atoms with Gasteiger partial charge in [-0.05, 0) is 83.3 Å². The molecule has 0 amide bonds. The van der Waals surface area contributed by atoms with Crippen molar-refractivity contribution < 1.29 is 4.74 Å². The van der Waals surface area contributed by atoms with Gasteiger partial charge in [-0.25, -0.2) is 0 Å². The molecule has 1 aliphatic heterocycles. The van der Waals surface area contributed by atoms with Gasteiger partial charge in [-0.2, -0.15) is 0 Å². The first-order valence-corrected chi connectivity index (χ1v) is 19.4. The van der Waals surface area contributed by atoms with Crippen LogP contribution in [-0.4, -0.2) is 4.57 Å². The summed E-state index contributed by atoms with van der Waals surface area (Å²) in [4.78, 5) is 2.29. The molecule has 0 bridgehead atoms. The molecule has 2 heterocycles. The van der Waals surface area contributed by atoms with Crippen LogP contribution in [0.4, 0.5) is 17.1 Å². The van der Waals surface area contributed by atoms with E-state index in [1.54, 1.807) is 0 Å². The first-order chi connectivity index (χ1) is 27.4. The predicted octanol–water partition coefficient (Wildman–Crippen LogP) is 13.9. The van der Waals surface area contributed by atoms with Gasteiger partial charge in [0.05, 0.1) is 11.0 Å². The lowest BCUT2D eigenvalue weighted by Crippen LogP contribution is -2.38. The summed E-state index contributed by atoms with van der Waals surface area (Å²) in [5.74, 6) is 0.836. The molecule has 270 valence electrons. The Morgan fingerprint density at radius 1 is 0.464 bits per heavy atom. The molecule has 0 saturated carbocycles. The third kappa shape index (κ3) is 5.42. The van der Waals surface area contributed by atoms with E-state index in [-0.39, 0.29) is 5.41 Å². The topological polar surface area (TPSA) is 17.4 Å². The molecule has 0 spiro atoms. The summed E-state index contributed by atoms with van der Waals surface area (Å²) in [5, 5.41) is 2.53. The Balaban J connectivity index is 1.15. The number of anilines is 3. The normalized spacial score (nSPS) is 14.9. The summed E-state index contributed by atoms with van der Waals surface area (Å²) < 4.78 is 9.96. The highest BCUT2D eigenvalue weighted by Gasteiger charge is 2.44. The molecular weight excluding hydrogens is 681 g/mol. The fourth-order valence-corrected chi connectivity index (χ4v) is 8.63. The molecule has 10 rings (SSSR count). The van der Waals surface area contributed by atoms with Crippen molar-refractivity contribution in [2.75, 3.05) is 4.90 Å². The SMILES string of the molecule is CC(C)(C)c1ccc2c(c1)c1ccccc1n2-c1ccc(C2(c3ccccc3)Oc3cc(N(c4ccccc4)c4ccccc4)ccc3-c3ccccc32)cc1. The Hall–Kier alpha value is -6.84. The number of hydrogen-bond acceptors (Lipinski definition) is 2. The molecule has 1 unspecified atom stereocenters. The van der Waals surface area contributed by atoms with Gasteiger partial charge < -0.3 is 14.2 Å². The van der Waals surface area contributed by atoms with E-state index in [0.29, 0.717) is 0 Å². The molecule has 3 heteroatoms.